The van der Waals surface area contributed by atoms with Crippen molar-refractivity contribution < 1.29 is 19.1 Å². The highest BCUT2D eigenvalue weighted by atomic mass is 16.6. The van der Waals surface area contributed by atoms with Gasteiger partial charge in [0.2, 0.25) is 0 Å². The molecule has 22 heavy (non-hydrogen) atoms. The van der Waals surface area contributed by atoms with Crippen molar-refractivity contribution in [2.75, 3.05) is 20.3 Å². The summed E-state index contributed by atoms with van der Waals surface area (Å²) in [5.74, 6) is -0.373. The summed E-state index contributed by atoms with van der Waals surface area (Å²) in [4.78, 5) is 25.0. The van der Waals surface area contributed by atoms with E-state index < -0.39 is 12.1 Å². The predicted molar refractivity (Wildman–Crippen MR) is 87.8 cm³/mol. The molecule has 0 heterocycles. The van der Waals surface area contributed by atoms with E-state index in [1.165, 1.54) is 4.90 Å². The maximum atomic E-state index is 11.9. The van der Waals surface area contributed by atoms with E-state index in [4.69, 9.17) is 9.47 Å². The summed E-state index contributed by atoms with van der Waals surface area (Å²) in [5, 5.41) is 0. The summed E-state index contributed by atoms with van der Waals surface area (Å²) in [7, 11) is 1.57. The van der Waals surface area contributed by atoms with E-state index in [0.29, 0.717) is 13.2 Å². The van der Waals surface area contributed by atoms with Crippen LogP contribution in [0.25, 0.3) is 0 Å². The molecule has 0 aliphatic heterocycles. The number of carbonyl (C=O) groups excluding carboxylic acids is 2. The summed E-state index contributed by atoms with van der Waals surface area (Å²) < 4.78 is 10.3. The first-order chi connectivity index (χ1) is 10.5. The van der Waals surface area contributed by atoms with Crippen molar-refractivity contribution in [1.29, 1.82) is 0 Å². The van der Waals surface area contributed by atoms with Gasteiger partial charge in [-0.2, -0.15) is 0 Å². The molecule has 130 valence electrons. The monoisotopic (exact) mass is 315 g/mol. The van der Waals surface area contributed by atoms with Crippen molar-refractivity contribution >= 4 is 12.1 Å². The molecular formula is C17H33NO4. The van der Waals surface area contributed by atoms with Crippen molar-refractivity contribution in [2.45, 2.75) is 78.2 Å². The zero-order valence-electron chi connectivity index (χ0n) is 14.7. The minimum Gasteiger partial charge on any atom is -0.464 e. The Labute approximate surface area is 135 Å². The number of likely N-dealkylation sites (N-methyl/N-ethyl adjacent to an activating group) is 1. The van der Waals surface area contributed by atoms with Gasteiger partial charge in [0.1, 0.15) is 6.04 Å². The topological polar surface area (TPSA) is 55.8 Å². The maximum absolute atomic E-state index is 11.9. The van der Waals surface area contributed by atoms with Gasteiger partial charge < -0.3 is 9.47 Å². The fourth-order valence-corrected chi connectivity index (χ4v) is 1.93. The Kier molecular flexibility index (Phi) is 12.6. The lowest BCUT2D eigenvalue weighted by Gasteiger charge is -2.22. The van der Waals surface area contributed by atoms with Crippen LogP contribution in [0.15, 0.2) is 0 Å². The van der Waals surface area contributed by atoms with Gasteiger partial charge in [0.25, 0.3) is 0 Å². The predicted octanol–water partition coefficient (Wildman–Crippen LogP) is 4.15. The van der Waals surface area contributed by atoms with Crippen LogP contribution in [0.2, 0.25) is 0 Å². The van der Waals surface area contributed by atoms with E-state index in [2.05, 4.69) is 13.8 Å². The molecule has 0 spiro atoms. The highest BCUT2D eigenvalue weighted by Crippen LogP contribution is 2.05. The van der Waals surface area contributed by atoms with Gasteiger partial charge in [-0.3, -0.25) is 4.90 Å². The van der Waals surface area contributed by atoms with Crippen LogP contribution in [-0.4, -0.2) is 43.3 Å². The number of nitrogens with zero attached hydrogens (tertiary/aromatic N) is 1. The molecule has 0 bridgehead atoms. The third kappa shape index (κ3) is 9.64. The fraction of sp³-hybridized carbons (Fsp3) is 0.882. The number of hydrogen-bond donors (Lipinski definition) is 0. The highest BCUT2D eigenvalue weighted by molar-refractivity contribution is 5.80. The molecule has 0 N–H and O–H groups in total. The molecule has 0 aliphatic carbocycles. The van der Waals surface area contributed by atoms with E-state index in [9.17, 15) is 9.59 Å². The molecular weight excluding hydrogens is 282 g/mol. The first kappa shape index (κ1) is 20.7. The van der Waals surface area contributed by atoms with Gasteiger partial charge in [-0.15, -0.1) is 0 Å². The van der Waals surface area contributed by atoms with Gasteiger partial charge in [0.05, 0.1) is 13.2 Å². The summed E-state index contributed by atoms with van der Waals surface area (Å²) in [6.07, 6.45) is 7.99. The minimum absolute atomic E-state index is 0.373. The van der Waals surface area contributed by atoms with Gasteiger partial charge >= 0.3 is 12.1 Å². The Morgan fingerprint density at radius 2 is 1.36 bits per heavy atom. The van der Waals surface area contributed by atoms with Crippen LogP contribution < -0.4 is 0 Å². The lowest BCUT2D eigenvalue weighted by molar-refractivity contribution is -0.148. The number of unbranched alkanes of at least 4 members (excludes halogenated alkanes) is 6. The number of hydrogen-bond acceptors (Lipinski definition) is 4. The molecule has 5 heteroatoms. The van der Waals surface area contributed by atoms with Gasteiger partial charge in [-0.05, 0) is 19.8 Å². The molecule has 1 unspecified atom stereocenters. The molecule has 0 saturated carbocycles. The Hall–Kier alpha value is -1.26. The van der Waals surface area contributed by atoms with Crippen molar-refractivity contribution in [1.82, 2.24) is 4.90 Å². The molecule has 0 aromatic rings. The van der Waals surface area contributed by atoms with Crippen LogP contribution in [0.5, 0.6) is 0 Å². The average Bonchev–Trinajstić information content (AvgIpc) is 2.52. The number of rotatable bonds is 12. The second-order valence-electron chi connectivity index (χ2n) is 5.69. The smallest absolute Gasteiger partial charge is 0.410 e. The molecule has 0 aromatic carbocycles. The minimum atomic E-state index is -0.616. The number of ether oxygens (including phenoxy) is 2. The second-order valence-corrected chi connectivity index (χ2v) is 5.69. The molecule has 1 amide bonds. The lowest BCUT2D eigenvalue weighted by Crippen LogP contribution is -2.41. The van der Waals surface area contributed by atoms with Crippen molar-refractivity contribution in [3.8, 4) is 0 Å². The Balaban J connectivity index is 3.88. The molecule has 0 aromatic heterocycles. The van der Waals surface area contributed by atoms with E-state index in [1.807, 2.05) is 0 Å². The first-order valence-corrected chi connectivity index (χ1v) is 8.60. The second kappa shape index (κ2) is 13.4. The van der Waals surface area contributed by atoms with Crippen LogP contribution >= 0.6 is 0 Å². The van der Waals surface area contributed by atoms with Crippen LogP contribution in [-0.2, 0) is 14.3 Å². The van der Waals surface area contributed by atoms with Crippen LogP contribution in [0.4, 0.5) is 4.79 Å². The standard InChI is InChI=1S/C17H33NO4/c1-5-7-9-11-13-21-16(19)15(3)18(4)17(20)22-14-12-10-8-6-2/h15H,5-14H2,1-4H3. The van der Waals surface area contributed by atoms with Crippen LogP contribution in [0.1, 0.15) is 72.1 Å². The molecule has 0 fully saturated rings. The zero-order valence-corrected chi connectivity index (χ0v) is 14.7. The molecule has 0 saturated heterocycles. The van der Waals surface area contributed by atoms with E-state index >= 15 is 0 Å². The SMILES string of the molecule is CCCCCCOC(=O)C(C)N(C)C(=O)OCCCCCC. The first-order valence-electron chi connectivity index (χ1n) is 8.60. The molecule has 0 aliphatic rings. The Morgan fingerprint density at radius 3 is 1.86 bits per heavy atom. The molecule has 1 atom stereocenters. The number of esters is 1. The molecule has 5 nitrogen and oxygen atoms in total. The van der Waals surface area contributed by atoms with Crippen molar-refractivity contribution in [2.24, 2.45) is 0 Å². The molecule has 0 rings (SSSR count). The van der Waals surface area contributed by atoms with E-state index in [-0.39, 0.29) is 5.97 Å². The summed E-state index contributed by atoms with van der Waals surface area (Å²) in [6.45, 7) is 6.75. The van der Waals surface area contributed by atoms with Gasteiger partial charge in [-0.25, -0.2) is 9.59 Å². The zero-order chi connectivity index (χ0) is 16.8. The number of carbonyl (C=O) groups is 2. The maximum Gasteiger partial charge on any atom is 0.410 e. The average molecular weight is 315 g/mol. The normalized spacial score (nSPS) is 11.8. The quantitative estimate of drug-likeness (QED) is 0.401. The van der Waals surface area contributed by atoms with Crippen molar-refractivity contribution in [3.05, 3.63) is 0 Å². The largest absolute Gasteiger partial charge is 0.464 e. The summed E-state index contributed by atoms with van der Waals surface area (Å²) in [5.41, 5.74) is 0. The van der Waals surface area contributed by atoms with Gasteiger partial charge in [0, 0.05) is 7.05 Å². The molecule has 0 radical (unpaired) electrons. The highest BCUT2D eigenvalue weighted by Gasteiger charge is 2.24. The summed E-state index contributed by atoms with van der Waals surface area (Å²) in [6, 6.07) is -0.616. The van der Waals surface area contributed by atoms with Gasteiger partial charge in [-0.1, -0.05) is 52.4 Å². The van der Waals surface area contributed by atoms with E-state index in [0.717, 1.165) is 51.4 Å². The Bertz CT molecular complexity index is 277. The van der Waals surface area contributed by atoms with Crippen molar-refractivity contribution in [3.63, 3.8) is 0 Å². The van der Waals surface area contributed by atoms with Crippen LogP contribution in [0, 0.1) is 0 Å². The van der Waals surface area contributed by atoms with Crippen LogP contribution in [0.3, 0.4) is 0 Å². The Morgan fingerprint density at radius 1 is 0.864 bits per heavy atom. The third-order valence-electron chi connectivity index (χ3n) is 3.68. The lowest BCUT2D eigenvalue weighted by atomic mass is 10.2. The number of amides is 1. The van der Waals surface area contributed by atoms with E-state index in [1.54, 1.807) is 14.0 Å². The fourth-order valence-electron chi connectivity index (χ4n) is 1.93. The third-order valence-corrected chi connectivity index (χ3v) is 3.68. The van der Waals surface area contributed by atoms with Gasteiger partial charge in [0.15, 0.2) is 0 Å². The summed E-state index contributed by atoms with van der Waals surface area (Å²) >= 11 is 0.